The second-order valence-electron chi connectivity index (χ2n) is 5.15. The molecule has 1 atom stereocenters. The van der Waals surface area contributed by atoms with E-state index < -0.39 is 18.0 Å². The van der Waals surface area contributed by atoms with E-state index in [9.17, 15) is 14.4 Å². The van der Waals surface area contributed by atoms with Crippen LogP contribution in [0.5, 0.6) is 0 Å². The van der Waals surface area contributed by atoms with Crippen molar-refractivity contribution in [1.82, 2.24) is 9.55 Å². The van der Waals surface area contributed by atoms with Crippen LogP contribution < -0.4 is 11.1 Å². The molecule has 0 saturated carbocycles. The van der Waals surface area contributed by atoms with Crippen LogP contribution in [0, 0.1) is 0 Å². The summed E-state index contributed by atoms with van der Waals surface area (Å²) < 4.78 is 6.77. The van der Waals surface area contributed by atoms with Gasteiger partial charge in [-0.3, -0.25) is 9.59 Å². The first-order valence-electron chi connectivity index (χ1n) is 7.37. The average molecular weight is 362 g/mol. The molecule has 3 N–H and O–H groups in total. The molecule has 0 aliphatic heterocycles. The van der Waals surface area contributed by atoms with Gasteiger partial charge in [0.2, 0.25) is 5.91 Å². The number of nitrogens with zero attached hydrogens (tertiary/aromatic N) is 2. The molecular weight excluding hydrogens is 344 g/mol. The Hall–Kier alpha value is -2.81. The number of esters is 1. The third kappa shape index (κ3) is 5.08. The Morgan fingerprint density at radius 3 is 2.72 bits per heavy atom. The van der Waals surface area contributed by atoms with E-state index in [1.54, 1.807) is 35.2 Å². The lowest BCUT2D eigenvalue weighted by Crippen LogP contribution is -2.30. The Bertz CT molecular complexity index is 790. The van der Waals surface area contributed by atoms with Gasteiger partial charge in [-0.15, -0.1) is 0 Å². The zero-order chi connectivity index (χ0) is 18.4. The highest BCUT2D eigenvalue weighted by molar-refractivity contribution is 7.99. The summed E-state index contributed by atoms with van der Waals surface area (Å²) in [6, 6.07) is 6.38. The Morgan fingerprint density at radius 1 is 1.36 bits per heavy atom. The van der Waals surface area contributed by atoms with E-state index in [4.69, 9.17) is 10.5 Å². The van der Waals surface area contributed by atoms with E-state index in [0.29, 0.717) is 10.8 Å². The molecule has 0 unspecified atom stereocenters. The first kappa shape index (κ1) is 18.5. The van der Waals surface area contributed by atoms with Gasteiger partial charge in [-0.1, -0.05) is 23.9 Å². The van der Waals surface area contributed by atoms with E-state index in [1.165, 1.54) is 24.8 Å². The lowest BCUT2D eigenvalue weighted by molar-refractivity contribution is -0.125. The van der Waals surface area contributed by atoms with Crippen molar-refractivity contribution < 1.29 is 19.1 Å². The standard InChI is InChI=1S/C16H18N4O4S/c1-10(14(17)22)24-15(23)11-5-3-4-6-12(11)19-13(21)9-25-16-18-7-8-20(16)2/h3-8,10H,9H2,1-2H3,(H2,17,22)(H,19,21)/t10-/m0/s1. The molecule has 2 amide bonds. The van der Waals surface area contributed by atoms with Crippen molar-refractivity contribution in [3.05, 3.63) is 42.2 Å². The molecule has 0 radical (unpaired) electrons. The number of carbonyl (C=O) groups excluding carboxylic acids is 3. The molecule has 25 heavy (non-hydrogen) atoms. The number of ether oxygens (including phenoxy) is 1. The van der Waals surface area contributed by atoms with Crippen LogP contribution >= 0.6 is 11.8 Å². The summed E-state index contributed by atoms with van der Waals surface area (Å²) in [6.45, 7) is 1.38. The molecule has 1 aromatic heterocycles. The topological polar surface area (TPSA) is 116 Å². The van der Waals surface area contributed by atoms with Crippen LogP contribution in [0.1, 0.15) is 17.3 Å². The van der Waals surface area contributed by atoms with Crippen LogP contribution in [0.25, 0.3) is 0 Å². The SMILES string of the molecule is C[C@H](OC(=O)c1ccccc1NC(=O)CSc1nccn1C)C(N)=O. The molecule has 0 spiro atoms. The molecule has 2 aromatic rings. The summed E-state index contributed by atoms with van der Waals surface area (Å²) >= 11 is 1.27. The third-order valence-electron chi connectivity index (χ3n) is 3.21. The Morgan fingerprint density at radius 2 is 2.08 bits per heavy atom. The maximum atomic E-state index is 12.2. The number of imidazole rings is 1. The van der Waals surface area contributed by atoms with Crippen molar-refractivity contribution >= 4 is 35.2 Å². The summed E-state index contributed by atoms with van der Waals surface area (Å²) in [4.78, 5) is 39.4. The number of carbonyl (C=O) groups is 3. The number of aryl methyl sites for hydroxylation is 1. The van der Waals surface area contributed by atoms with Crippen molar-refractivity contribution in [2.24, 2.45) is 12.8 Å². The largest absolute Gasteiger partial charge is 0.449 e. The van der Waals surface area contributed by atoms with Crippen molar-refractivity contribution in [1.29, 1.82) is 0 Å². The highest BCUT2D eigenvalue weighted by atomic mass is 32.2. The highest BCUT2D eigenvalue weighted by Crippen LogP contribution is 2.19. The molecule has 0 aliphatic carbocycles. The Kier molecular flexibility index (Phi) is 6.18. The summed E-state index contributed by atoms with van der Waals surface area (Å²) in [5, 5.41) is 3.37. The maximum Gasteiger partial charge on any atom is 0.341 e. The highest BCUT2D eigenvalue weighted by Gasteiger charge is 2.19. The number of amides is 2. The van der Waals surface area contributed by atoms with Crippen LogP contribution in [0.2, 0.25) is 0 Å². The molecule has 132 valence electrons. The summed E-state index contributed by atoms with van der Waals surface area (Å²) in [6.07, 6.45) is 2.37. The lowest BCUT2D eigenvalue weighted by Gasteiger charge is -2.13. The van der Waals surface area contributed by atoms with Gasteiger partial charge in [-0.2, -0.15) is 0 Å². The minimum atomic E-state index is -1.06. The molecule has 9 heteroatoms. The first-order chi connectivity index (χ1) is 11.9. The fourth-order valence-electron chi connectivity index (χ4n) is 1.86. The smallest absolute Gasteiger partial charge is 0.341 e. The molecular formula is C16H18N4O4S. The number of hydrogen-bond acceptors (Lipinski definition) is 6. The summed E-state index contributed by atoms with van der Waals surface area (Å²) in [5.41, 5.74) is 5.53. The number of nitrogens with one attached hydrogen (secondary N) is 1. The maximum absolute atomic E-state index is 12.2. The van der Waals surface area contributed by atoms with Gasteiger partial charge >= 0.3 is 5.97 Å². The van der Waals surface area contributed by atoms with Crippen LogP contribution in [0.3, 0.4) is 0 Å². The van der Waals surface area contributed by atoms with Gasteiger partial charge in [0.25, 0.3) is 5.91 Å². The quantitative estimate of drug-likeness (QED) is 0.564. The predicted molar refractivity (Wildman–Crippen MR) is 93.1 cm³/mol. The molecule has 0 fully saturated rings. The first-order valence-corrected chi connectivity index (χ1v) is 8.36. The fraction of sp³-hybridized carbons (Fsp3) is 0.250. The molecule has 2 rings (SSSR count). The van der Waals surface area contributed by atoms with E-state index in [0.717, 1.165) is 0 Å². The number of aromatic nitrogens is 2. The number of hydrogen-bond donors (Lipinski definition) is 2. The average Bonchev–Trinajstić information content (AvgIpc) is 2.98. The monoisotopic (exact) mass is 362 g/mol. The van der Waals surface area contributed by atoms with Gasteiger partial charge in [-0.05, 0) is 19.1 Å². The number of para-hydroxylation sites is 1. The minimum absolute atomic E-state index is 0.131. The van der Waals surface area contributed by atoms with Gasteiger partial charge in [0.1, 0.15) is 0 Å². The van der Waals surface area contributed by atoms with Crippen LogP contribution in [0.15, 0.2) is 41.8 Å². The second kappa shape index (κ2) is 8.34. The van der Waals surface area contributed by atoms with E-state index >= 15 is 0 Å². The summed E-state index contributed by atoms with van der Waals surface area (Å²) in [7, 11) is 1.83. The number of thioether (sulfide) groups is 1. The van der Waals surface area contributed by atoms with Crippen LogP contribution in [-0.2, 0) is 21.4 Å². The Balaban J connectivity index is 2.02. The van der Waals surface area contributed by atoms with Gasteiger partial charge in [0.15, 0.2) is 11.3 Å². The zero-order valence-corrected chi connectivity index (χ0v) is 14.6. The van der Waals surface area contributed by atoms with Crippen LogP contribution in [0.4, 0.5) is 5.69 Å². The van der Waals surface area contributed by atoms with E-state index in [1.807, 2.05) is 7.05 Å². The van der Waals surface area contributed by atoms with Gasteiger partial charge in [0, 0.05) is 19.4 Å². The normalized spacial score (nSPS) is 11.6. The van der Waals surface area contributed by atoms with E-state index in [-0.39, 0.29) is 17.2 Å². The van der Waals surface area contributed by atoms with Crippen LogP contribution in [-0.4, -0.2) is 39.2 Å². The van der Waals surface area contributed by atoms with Gasteiger partial charge < -0.3 is 20.4 Å². The Labute approximate surface area is 148 Å². The molecule has 8 nitrogen and oxygen atoms in total. The van der Waals surface area contributed by atoms with Crippen molar-refractivity contribution in [3.63, 3.8) is 0 Å². The number of anilines is 1. The number of rotatable bonds is 7. The van der Waals surface area contributed by atoms with Crippen molar-refractivity contribution in [2.45, 2.75) is 18.2 Å². The molecule has 0 saturated heterocycles. The van der Waals surface area contributed by atoms with Gasteiger partial charge in [-0.25, -0.2) is 9.78 Å². The van der Waals surface area contributed by atoms with Crippen molar-refractivity contribution in [3.8, 4) is 0 Å². The molecule has 1 aromatic carbocycles. The predicted octanol–water partition coefficient (Wildman–Crippen LogP) is 1.18. The lowest BCUT2D eigenvalue weighted by atomic mass is 10.1. The summed E-state index contributed by atoms with van der Waals surface area (Å²) in [5.74, 6) is -1.65. The number of primary amides is 1. The molecule has 0 bridgehead atoms. The van der Waals surface area contributed by atoms with Crippen molar-refractivity contribution in [2.75, 3.05) is 11.1 Å². The fourth-order valence-corrected chi connectivity index (χ4v) is 2.59. The van der Waals surface area contributed by atoms with E-state index in [2.05, 4.69) is 10.3 Å². The molecule has 1 heterocycles. The minimum Gasteiger partial charge on any atom is -0.449 e. The number of nitrogens with two attached hydrogens (primary N) is 1. The second-order valence-corrected chi connectivity index (χ2v) is 6.10. The molecule has 0 aliphatic rings. The van der Waals surface area contributed by atoms with Gasteiger partial charge in [0.05, 0.1) is 17.0 Å². The zero-order valence-electron chi connectivity index (χ0n) is 13.8. The third-order valence-corrected chi connectivity index (χ3v) is 4.27. The number of benzene rings is 1.